The van der Waals surface area contributed by atoms with Gasteiger partial charge in [-0.3, -0.25) is 0 Å². The van der Waals surface area contributed by atoms with E-state index in [0.717, 1.165) is 12.5 Å². The first kappa shape index (κ1) is 12.6. The molecular formula is C16H25N. The van der Waals surface area contributed by atoms with Gasteiger partial charge in [-0.05, 0) is 61.8 Å². The van der Waals surface area contributed by atoms with E-state index in [9.17, 15) is 0 Å². The quantitative estimate of drug-likeness (QED) is 0.811. The lowest BCUT2D eigenvalue weighted by molar-refractivity contribution is 0.497. The van der Waals surface area contributed by atoms with E-state index in [1.165, 1.54) is 31.2 Å². The number of aryl methyl sites for hydroxylation is 2. The molecule has 0 spiro atoms. The second-order valence-electron chi connectivity index (χ2n) is 5.74. The number of rotatable bonds is 5. The average Bonchev–Trinajstić information content (AvgIpc) is 2.75. The molecule has 17 heavy (non-hydrogen) atoms. The molecule has 0 fully saturated rings. The summed E-state index contributed by atoms with van der Waals surface area (Å²) in [6.45, 7) is 7.95. The Kier molecular flexibility index (Phi) is 4.22. The Morgan fingerprint density at radius 1 is 1.12 bits per heavy atom. The van der Waals surface area contributed by atoms with Crippen LogP contribution in [0.3, 0.4) is 0 Å². The maximum atomic E-state index is 3.62. The summed E-state index contributed by atoms with van der Waals surface area (Å²) >= 11 is 0. The van der Waals surface area contributed by atoms with Gasteiger partial charge in [0.1, 0.15) is 0 Å². The fourth-order valence-corrected chi connectivity index (χ4v) is 2.57. The van der Waals surface area contributed by atoms with Crippen LogP contribution in [0.4, 0.5) is 0 Å². The van der Waals surface area contributed by atoms with E-state index >= 15 is 0 Å². The van der Waals surface area contributed by atoms with Crippen LogP contribution in [-0.2, 0) is 12.8 Å². The van der Waals surface area contributed by atoms with E-state index in [1.807, 2.05) is 0 Å². The smallest absolute Gasteiger partial charge is 0.0291 e. The Labute approximate surface area is 106 Å². The van der Waals surface area contributed by atoms with E-state index in [0.29, 0.717) is 6.04 Å². The molecule has 0 saturated heterocycles. The van der Waals surface area contributed by atoms with Crippen LogP contribution in [0.5, 0.6) is 0 Å². The van der Waals surface area contributed by atoms with Crippen LogP contribution in [0.1, 0.15) is 56.3 Å². The lowest BCUT2D eigenvalue weighted by atomic mass is 10.0. The van der Waals surface area contributed by atoms with E-state index in [-0.39, 0.29) is 0 Å². The second-order valence-corrected chi connectivity index (χ2v) is 5.74. The van der Waals surface area contributed by atoms with Crippen LogP contribution < -0.4 is 5.32 Å². The van der Waals surface area contributed by atoms with Crippen molar-refractivity contribution in [1.82, 2.24) is 5.32 Å². The van der Waals surface area contributed by atoms with Crippen molar-refractivity contribution in [3.63, 3.8) is 0 Å². The molecule has 2 rings (SSSR count). The molecule has 0 heterocycles. The largest absolute Gasteiger partial charge is 0.310 e. The van der Waals surface area contributed by atoms with Crippen molar-refractivity contribution in [2.24, 2.45) is 5.92 Å². The van der Waals surface area contributed by atoms with Gasteiger partial charge in [0.05, 0.1) is 0 Å². The highest BCUT2D eigenvalue weighted by atomic mass is 14.9. The number of nitrogens with one attached hydrogen (secondary N) is 1. The van der Waals surface area contributed by atoms with Gasteiger partial charge in [0.2, 0.25) is 0 Å². The standard InChI is InChI=1S/C16H25N/c1-12(2)9-10-17-13(3)15-8-7-14-5-4-6-16(14)11-15/h7-8,11-13,17H,4-6,9-10H2,1-3H3. The van der Waals surface area contributed by atoms with Gasteiger partial charge in [-0.1, -0.05) is 32.0 Å². The third-order valence-corrected chi connectivity index (χ3v) is 3.79. The topological polar surface area (TPSA) is 12.0 Å². The van der Waals surface area contributed by atoms with Crippen LogP contribution in [0.25, 0.3) is 0 Å². The zero-order valence-electron chi connectivity index (χ0n) is 11.4. The number of benzene rings is 1. The molecule has 1 heteroatoms. The van der Waals surface area contributed by atoms with E-state index in [1.54, 1.807) is 11.1 Å². The fourth-order valence-electron chi connectivity index (χ4n) is 2.57. The van der Waals surface area contributed by atoms with E-state index in [4.69, 9.17) is 0 Å². The highest BCUT2D eigenvalue weighted by molar-refractivity contribution is 5.36. The lowest BCUT2D eigenvalue weighted by Crippen LogP contribution is -2.21. The minimum Gasteiger partial charge on any atom is -0.310 e. The van der Waals surface area contributed by atoms with Crippen LogP contribution >= 0.6 is 0 Å². The third-order valence-electron chi connectivity index (χ3n) is 3.79. The van der Waals surface area contributed by atoms with Crippen molar-refractivity contribution in [2.75, 3.05) is 6.54 Å². The first-order chi connectivity index (χ1) is 8.16. The van der Waals surface area contributed by atoms with Crippen molar-refractivity contribution >= 4 is 0 Å². The molecular weight excluding hydrogens is 206 g/mol. The molecule has 0 amide bonds. The van der Waals surface area contributed by atoms with Gasteiger partial charge in [0, 0.05) is 6.04 Å². The molecule has 1 atom stereocenters. The van der Waals surface area contributed by atoms with Gasteiger partial charge in [-0.2, -0.15) is 0 Å². The van der Waals surface area contributed by atoms with Crippen LogP contribution in [0.2, 0.25) is 0 Å². The molecule has 0 radical (unpaired) electrons. The van der Waals surface area contributed by atoms with Crippen LogP contribution in [0.15, 0.2) is 18.2 Å². The van der Waals surface area contributed by atoms with E-state index < -0.39 is 0 Å². The van der Waals surface area contributed by atoms with Crippen molar-refractivity contribution < 1.29 is 0 Å². The van der Waals surface area contributed by atoms with Crippen LogP contribution in [0, 0.1) is 5.92 Å². The molecule has 1 aliphatic rings. The Bertz CT molecular complexity index is 368. The number of fused-ring (bicyclic) bond motifs is 1. The average molecular weight is 231 g/mol. The first-order valence-electron chi connectivity index (χ1n) is 7.02. The van der Waals surface area contributed by atoms with Gasteiger partial charge in [-0.25, -0.2) is 0 Å². The van der Waals surface area contributed by atoms with E-state index in [2.05, 4.69) is 44.3 Å². The molecule has 1 nitrogen and oxygen atoms in total. The maximum absolute atomic E-state index is 3.62. The highest BCUT2D eigenvalue weighted by Gasteiger charge is 2.13. The van der Waals surface area contributed by atoms with Gasteiger partial charge in [0.15, 0.2) is 0 Å². The summed E-state index contributed by atoms with van der Waals surface area (Å²) in [6, 6.07) is 7.53. The van der Waals surface area contributed by atoms with Gasteiger partial charge >= 0.3 is 0 Å². The zero-order valence-corrected chi connectivity index (χ0v) is 11.4. The monoisotopic (exact) mass is 231 g/mol. The summed E-state index contributed by atoms with van der Waals surface area (Å²) < 4.78 is 0. The summed E-state index contributed by atoms with van der Waals surface area (Å²) in [7, 11) is 0. The minimum atomic E-state index is 0.486. The Morgan fingerprint density at radius 2 is 1.88 bits per heavy atom. The van der Waals surface area contributed by atoms with Crippen molar-refractivity contribution in [1.29, 1.82) is 0 Å². The molecule has 1 unspecified atom stereocenters. The minimum absolute atomic E-state index is 0.486. The summed E-state index contributed by atoms with van der Waals surface area (Å²) in [5.74, 6) is 0.787. The van der Waals surface area contributed by atoms with Crippen molar-refractivity contribution in [3.05, 3.63) is 34.9 Å². The van der Waals surface area contributed by atoms with Crippen molar-refractivity contribution in [3.8, 4) is 0 Å². The SMILES string of the molecule is CC(C)CCNC(C)c1ccc2c(c1)CCC2. The second kappa shape index (κ2) is 5.68. The van der Waals surface area contributed by atoms with Gasteiger partial charge in [-0.15, -0.1) is 0 Å². The normalized spacial score (nSPS) is 16.2. The zero-order chi connectivity index (χ0) is 12.3. The molecule has 1 N–H and O–H groups in total. The molecule has 1 aliphatic carbocycles. The number of hydrogen-bond donors (Lipinski definition) is 1. The summed E-state index contributed by atoms with van der Waals surface area (Å²) in [6.07, 6.45) is 5.16. The third kappa shape index (κ3) is 3.32. The first-order valence-corrected chi connectivity index (χ1v) is 7.02. The fraction of sp³-hybridized carbons (Fsp3) is 0.625. The summed E-state index contributed by atoms with van der Waals surface area (Å²) in [5, 5.41) is 3.62. The number of hydrogen-bond acceptors (Lipinski definition) is 1. The van der Waals surface area contributed by atoms with Gasteiger partial charge < -0.3 is 5.32 Å². The van der Waals surface area contributed by atoms with Crippen LogP contribution in [-0.4, -0.2) is 6.54 Å². The molecule has 0 aromatic heterocycles. The molecule has 0 aliphatic heterocycles. The summed E-state index contributed by atoms with van der Waals surface area (Å²) in [5.41, 5.74) is 4.61. The summed E-state index contributed by atoms with van der Waals surface area (Å²) in [4.78, 5) is 0. The molecule has 0 saturated carbocycles. The predicted molar refractivity (Wildman–Crippen MR) is 74.3 cm³/mol. The Morgan fingerprint density at radius 3 is 2.65 bits per heavy atom. The predicted octanol–water partition coefficient (Wildman–Crippen LogP) is 3.87. The molecule has 0 bridgehead atoms. The molecule has 1 aromatic carbocycles. The Hall–Kier alpha value is -0.820. The molecule has 1 aromatic rings. The van der Waals surface area contributed by atoms with Gasteiger partial charge in [0.25, 0.3) is 0 Å². The van der Waals surface area contributed by atoms with Crippen molar-refractivity contribution in [2.45, 2.75) is 52.5 Å². The highest BCUT2D eigenvalue weighted by Crippen LogP contribution is 2.25. The lowest BCUT2D eigenvalue weighted by Gasteiger charge is -2.16. The Balaban J connectivity index is 1.92. The molecule has 94 valence electrons. The maximum Gasteiger partial charge on any atom is 0.0291 e.